The largest absolute Gasteiger partial charge is 0.325 e. The number of aryl methyl sites for hydroxylation is 1. The predicted octanol–water partition coefficient (Wildman–Crippen LogP) is 1.75. The molecular weight excluding hydrogens is 252 g/mol. The topological polar surface area (TPSA) is 84.7 Å². The number of fused-ring (bicyclic) bond motifs is 1. The van der Waals surface area contributed by atoms with Crippen molar-refractivity contribution in [3.8, 4) is 11.1 Å². The Kier molecular flexibility index (Phi) is 3.04. The van der Waals surface area contributed by atoms with Crippen molar-refractivity contribution in [1.82, 2.24) is 15.2 Å². The molecule has 0 aliphatic rings. The molecule has 0 spiro atoms. The Hall–Kier alpha value is -2.53. The molecule has 1 aromatic carbocycles. The lowest BCUT2D eigenvalue weighted by molar-refractivity contribution is 0.900. The maximum Gasteiger partial charge on any atom is 0.272 e. The first-order valence-electron chi connectivity index (χ1n) is 6.33. The van der Waals surface area contributed by atoms with E-state index in [1.807, 2.05) is 31.3 Å². The van der Waals surface area contributed by atoms with Gasteiger partial charge in [-0.25, -0.2) is 5.10 Å². The third-order valence-electron chi connectivity index (χ3n) is 3.41. The number of nitrogens with zero attached hydrogens (tertiary/aromatic N) is 2. The molecule has 0 fully saturated rings. The van der Waals surface area contributed by atoms with E-state index in [9.17, 15) is 4.79 Å². The van der Waals surface area contributed by atoms with Gasteiger partial charge in [0, 0.05) is 29.9 Å². The first-order valence-corrected chi connectivity index (χ1v) is 6.33. The molecule has 5 nitrogen and oxygen atoms in total. The summed E-state index contributed by atoms with van der Waals surface area (Å²) < 4.78 is 0. The summed E-state index contributed by atoms with van der Waals surface area (Å²) in [5, 5.41) is 7.86. The smallest absolute Gasteiger partial charge is 0.272 e. The molecule has 0 atom stereocenters. The zero-order chi connectivity index (χ0) is 14.1. The van der Waals surface area contributed by atoms with Gasteiger partial charge in [-0.05, 0) is 36.2 Å². The highest BCUT2D eigenvalue weighted by Crippen LogP contribution is 2.25. The number of hydrogen-bond acceptors (Lipinski definition) is 4. The molecule has 3 aromatic rings. The van der Waals surface area contributed by atoms with Crippen molar-refractivity contribution in [1.29, 1.82) is 0 Å². The van der Waals surface area contributed by atoms with E-state index in [0.717, 1.165) is 22.1 Å². The lowest BCUT2D eigenvalue weighted by Gasteiger charge is -2.08. The Morgan fingerprint density at radius 3 is 2.85 bits per heavy atom. The van der Waals surface area contributed by atoms with Gasteiger partial charge in [-0.1, -0.05) is 6.07 Å². The fourth-order valence-electron chi connectivity index (χ4n) is 2.31. The molecule has 0 amide bonds. The number of benzene rings is 1. The highest BCUT2D eigenvalue weighted by molar-refractivity contribution is 5.88. The maximum absolute atomic E-state index is 11.8. The molecule has 2 heterocycles. The molecule has 5 heteroatoms. The van der Waals surface area contributed by atoms with Gasteiger partial charge in [0.2, 0.25) is 0 Å². The second-order valence-electron chi connectivity index (χ2n) is 4.65. The number of nitrogens with one attached hydrogen (secondary N) is 1. The van der Waals surface area contributed by atoms with E-state index in [-0.39, 0.29) is 12.1 Å². The lowest BCUT2D eigenvalue weighted by Crippen LogP contribution is -2.13. The molecule has 0 aliphatic heterocycles. The van der Waals surface area contributed by atoms with E-state index in [1.54, 1.807) is 12.3 Å². The molecule has 0 saturated heterocycles. The standard InChI is InChI=1S/C15H14N4O/c1-9-4-5-17-8-13(9)10-2-3-11-12(6-10)14(7-16)18-19-15(11)20/h2-6,8H,7,16H2,1H3,(H,19,20). The molecule has 0 bridgehead atoms. The number of hydrogen-bond donors (Lipinski definition) is 2. The summed E-state index contributed by atoms with van der Waals surface area (Å²) >= 11 is 0. The first kappa shape index (κ1) is 12.5. The van der Waals surface area contributed by atoms with Gasteiger partial charge in [0.15, 0.2) is 0 Å². The summed E-state index contributed by atoms with van der Waals surface area (Å²) in [6, 6.07) is 7.63. The van der Waals surface area contributed by atoms with Crippen LogP contribution in [0.2, 0.25) is 0 Å². The maximum atomic E-state index is 11.8. The van der Waals surface area contributed by atoms with Crippen LogP contribution in [0.15, 0.2) is 41.5 Å². The number of H-pyrrole nitrogens is 1. The van der Waals surface area contributed by atoms with E-state index in [1.165, 1.54) is 0 Å². The SMILES string of the molecule is Cc1ccncc1-c1ccc2c(=O)[nH]nc(CN)c2c1. The van der Waals surface area contributed by atoms with Crippen LogP contribution in [0, 0.1) is 6.92 Å². The Labute approximate surface area is 115 Å². The fourth-order valence-corrected chi connectivity index (χ4v) is 2.31. The van der Waals surface area contributed by atoms with Crippen molar-refractivity contribution >= 4 is 10.8 Å². The van der Waals surface area contributed by atoms with Gasteiger partial charge in [0.1, 0.15) is 0 Å². The van der Waals surface area contributed by atoms with Crippen molar-refractivity contribution in [3.05, 3.63) is 58.3 Å². The number of rotatable bonds is 2. The normalized spacial score (nSPS) is 10.9. The van der Waals surface area contributed by atoms with E-state index in [2.05, 4.69) is 15.2 Å². The van der Waals surface area contributed by atoms with Gasteiger partial charge in [-0.2, -0.15) is 5.10 Å². The number of aromatic nitrogens is 3. The third kappa shape index (κ3) is 1.98. The molecular formula is C15H14N4O. The third-order valence-corrected chi connectivity index (χ3v) is 3.41. The predicted molar refractivity (Wildman–Crippen MR) is 78.2 cm³/mol. The number of pyridine rings is 1. The van der Waals surface area contributed by atoms with Crippen molar-refractivity contribution in [2.75, 3.05) is 0 Å². The molecule has 0 radical (unpaired) electrons. The van der Waals surface area contributed by atoms with Gasteiger partial charge in [0.25, 0.3) is 5.56 Å². The Bertz CT molecular complexity index is 839. The van der Waals surface area contributed by atoms with Gasteiger partial charge >= 0.3 is 0 Å². The minimum absolute atomic E-state index is 0.202. The fraction of sp³-hybridized carbons (Fsp3) is 0.133. The summed E-state index contributed by atoms with van der Waals surface area (Å²) in [6.45, 7) is 2.31. The molecule has 2 aromatic heterocycles. The molecule has 3 rings (SSSR count). The average Bonchev–Trinajstić information content (AvgIpc) is 2.48. The van der Waals surface area contributed by atoms with Crippen LogP contribution in [0.5, 0.6) is 0 Å². The summed E-state index contributed by atoms with van der Waals surface area (Å²) in [4.78, 5) is 15.9. The average molecular weight is 266 g/mol. The number of aromatic amines is 1. The van der Waals surface area contributed by atoms with Crippen molar-refractivity contribution < 1.29 is 0 Å². The van der Waals surface area contributed by atoms with Crippen LogP contribution in [-0.4, -0.2) is 15.2 Å². The molecule has 0 aliphatic carbocycles. The van der Waals surface area contributed by atoms with Crippen molar-refractivity contribution in [2.24, 2.45) is 5.73 Å². The summed E-state index contributed by atoms with van der Waals surface area (Å²) in [6.07, 6.45) is 3.58. The number of nitrogens with two attached hydrogens (primary N) is 1. The minimum Gasteiger partial charge on any atom is -0.325 e. The van der Waals surface area contributed by atoms with Gasteiger partial charge < -0.3 is 5.73 Å². The quantitative estimate of drug-likeness (QED) is 0.740. The molecule has 20 heavy (non-hydrogen) atoms. The van der Waals surface area contributed by atoms with Crippen LogP contribution in [0.25, 0.3) is 21.9 Å². The molecule has 100 valence electrons. The minimum atomic E-state index is -0.202. The zero-order valence-corrected chi connectivity index (χ0v) is 11.1. The van der Waals surface area contributed by atoms with Crippen LogP contribution >= 0.6 is 0 Å². The van der Waals surface area contributed by atoms with Crippen molar-refractivity contribution in [3.63, 3.8) is 0 Å². The molecule has 0 unspecified atom stereocenters. The van der Waals surface area contributed by atoms with E-state index >= 15 is 0 Å². The van der Waals surface area contributed by atoms with Crippen LogP contribution < -0.4 is 11.3 Å². The Morgan fingerprint density at radius 1 is 1.25 bits per heavy atom. The van der Waals surface area contributed by atoms with E-state index < -0.39 is 0 Å². The van der Waals surface area contributed by atoms with Crippen LogP contribution in [-0.2, 0) is 6.54 Å². The van der Waals surface area contributed by atoms with Crippen LogP contribution in [0.1, 0.15) is 11.3 Å². The van der Waals surface area contributed by atoms with E-state index in [0.29, 0.717) is 11.1 Å². The first-order chi connectivity index (χ1) is 9.70. The summed E-state index contributed by atoms with van der Waals surface area (Å²) in [5.74, 6) is 0. The zero-order valence-electron chi connectivity index (χ0n) is 11.1. The van der Waals surface area contributed by atoms with Crippen LogP contribution in [0.3, 0.4) is 0 Å². The van der Waals surface area contributed by atoms with Gasteiger partial charge in [-0.15, -0.1) is 0 Å². The monoisotopic (exact) mass is 266 g/mol. The highest BCUT2D eigenvalue weighted by atomic mass is 16.1. The van der Waals surface area contributed by atoms with Crippen LogP contribution in [0.4, 0.5) is 0 Å². The van der Waals surface area contributed by atoms with E-state index in [4.69, 9.17) is 5.73 Å². The Balaban J connectivity index is 2.30. The second-order valence-corrected chi connectivity index (χ2v) is 4.65. The summed E-state index contributed by atoms with van der Waals surface area (Å²) in [5.41, 5.74) is 9.34. The Morgan fingerprint density at radius 2 is 2.10 bits per heavy atom. The van der Waals surface area contributed by atoms with Gasteiger partial charge in [-0.3, -0.25) is 9.78 Å². The van der Waals surface area contributed by atoms with Crippen molar-refractivity contribution in [2.45, 2.75) is 13.5 Å². The lowest BCUT2D eigenvalue weighted by atomic mass is 9.99. The second kappa shape index (κ2) is 4.86. The highest BCUT2D eigenvalue weighted by Gasteiger charge is 2.08. The summed E-state index contributed by atoms with van der Waals surface area (Å²) in [7, 11) is 0. The molecule has 3 N–H and O–H groups in total. The van der Waals surface area contributed by atoms with Gasteiger partial charge in [0.05, 0.1) is 11.1 Å². The molecule has 0 saturated carbocycles.